The Morgan fingerprint density at radius 3 is 2.61 bits per heavy atom. The Hall–Kier alpha value is -1.53. The van der Waals surface area contributed by atoms with Gasteiger partial charge in [-0.3, -0.25) is 4.98 Å². The topological polar surface area (TPSA) is 59.9 Å². The number of nitrogens with one attached hydrogen (secondary N) is 1. The average molecular weight is 264 g/mol. The van der Waals surface area contributed by atoms with E-state index in [4.69, 9.17) is 4.74 Å². The minimum atomic E-state index is 0.655. The number of aryl methyl sites for hydroxylation is 2. The van der Waals surface area contributed by atoms with Gasteiger partial charge in [-0.05, 0) is 26.0 Å². The summed E-state index contributed by atoms with van der Waals surface area (Å²) in [5, 5.41) is 3.98. The van der Waals surface area contributed by atoms with Gasteiger partial charge in [0.2, 0.25) is 5.13 Å². The SMILES string of the molecule is COCCNc1nc(-c2cc(C)nc(C)c2)ns1. The van der Waals surface area contributed by atoms with Gasteiger partial charge >= 0.3 is 0 Å². The molecule has 2 aromatic rings. The maximum atomic E-state index is 4.97. The number of ether oxygens (including phenoxy) is 1. The number of pyridine rings is 1. The van der Waals surface area contributed by atoms with Crippen molar-refractivity contribution in [2.24, 2.45) is 0 Å². The lowest BCUT2D eigenvalue weighted by Gasteiger charge is -2.00. The highest BCUT2D eigenvalue weighted by Gasteiger charge is 2.07. The fraction of sp³-hybridized carbons (Fsp3) is 0.417. The van der Waals surface area contributed by atoms with Crippen LogP contribution in [0, 0.1) is 13.8 Å². The molecule has 0 amide bonds. The Kier molecular flexibility index (Phi) is 4.22. The summed E-state index contributed by atoms with van der Waals surface area (Å²) in [6.07, 6.45) is 0. The van der Waals surface area contributed by atoms with E-state index in [1.807, 2.05) is 26.0 Å². The first kappa shape index (κ1) is 12.9. The molecule has 2 aromatic heterocycles. The minimum absolute atomic E-state index is 0.655. The van der Waals surface area contributed by atoms with Crippen LogP contribution in [0.1, 0.15) is 11.4 Å². The van der Waals surface area contributed by atoms with Crippen LogP contribution in [0.15, 0.2) is 12.1 Å². The van der Waals surface area contributed by atoms with Crippen molar-refractivity contribution in [2.75, 3.05) is 25.6 Å². The fourth-order valence-electron chi connectivity index (χ4n) is 1.64. The summed E-state index contributed by atoms with van der Waals surface area (Å²) in [6.45, 7) is 5.34. The molecule has 0 aliphatic carbocycles. The van der Waals surface area contributed by atoms with Crippen LogP contribution in [-0.2, 0) is 4.74 Å². The van der Waals surface area contributed by atoms with Crippen LogP contribution >= 0.6 is 11.5 Å². The molecule has 0 aliphatic heterocycles. The van der Waals surface area contributed by atoms with Crippen LogP contribution in [-0.4, -0.2) is 34.6 Å². The van der Waals surface area contributed by atoms with Crippen molar-refractivity contribution in [3.63, 3.8) is 0 Å². The second kappa shape index (κ2) is 5.88. The smallest absolute Gasteiger partial charge is 0.202 e. The second-order valence-electron chi connectivity index (χ2n) is 3.98. The maximum absolute atomic E-state index is 4.97. The number of hydrogen-bond donors (Lipinski definition) is 1. The third-order valence-electron chi connectivity index (χ3n) is 2.35. The molecule has 18 heavy (non-hydrogen) atoms. The number of hydrogen-bond acceptors (Lipinski definition) is 6. The normalized spacial score (nSPS) is 10.6. The standard InChI is InChI=1S/C12H16N4OS/c1-8-6-10(7-9(2)14-8)11-15-12(18-16-11)13-4-5-17-3/h6-7H,4-5H2,1-3H3,(H,13,15,16). The monoisotopic (exact) mass is 264 g/mol. The first-order chi connectivity index (χ1) is 8.69. The van der Waals surface area contributed by atoms with E-state index < -0.39 is 0 Å². The molecule has 5 nitrogen and oxygen atoms in total. The summed E-state index contributed by atoms with van der Waals surface area (Å²) in [5.74, 6) is 0.744. The Morgan fingerprint density at radius 1 is 1.22 bits per heavy atom. The summed E-state index contributed by atoms with van der Waals surface area (Å²) in [4.78, 5) is 8.79. The van der Waals surface area contributed by atoms with E-state index in [0.29, 0.717) is 6.61 Å². The third kappa shape index (κ3) is 3.24. The van der Waals surface area contributed by atoms with E-state index in [0.717, 1.165) is 34.5 Å². The maximum Gasteiger partial charge on any atom is 0.202 e. The van der Waals surface area contributed by atoms with Gasteiger partial charge < -0.3 is 10.1 Å². The van der Waals surface area contributed by atoms with Crippen LogP contribution in [0.25, 0.3) is 11.4 Å². The van der Waals surface area contributed by atoms with Crippen LogP contribution in [0.2, 0.25) is 0 Å². The van der Waals surface area contributed by atoms with Crippen molar-refractivity contribution in [3.8, 4) is 11.4 Å². The average Bonchev–Trinajstić information content (AvgIpc) is 2.77. The van der Waals surface area contributed by atoms with Crippen molar-refractivity contribution < 1.29 is 4.74 Å². The molecule has 2 heterocycles. The van der Waals surface area contributed by atoms with Gasteiger partial charge in [0, 0.05) is 42.1 Å². The van der Waals surface area contributed by atoms with Gasteiger partial charge in [-0.15, -0.1) is 0 Å². The van der Waals surface area contributed by atoms with Crippen molar-refractivity contribution >= 4 is 16.7 Å². The van der Waals surface area contributed by atoms with E-state index in [2.05, 4.69) is 19.7 Å². The lowest BCUT2D eigenvalue weighted by atomic mass is 10.2. The number of nitrogens with zero attached hydrogens (tertiary/aromatic N) is 3. The summed E-state index contributed by atoms with van der Waals surface area (Å²) >= 11 is 1.36. The molecule has 2 rings (SSSR count). The predicted octanol–water partition coefficient (Wildman–Crippen LogP) is 2.28. The molecule has 0 spiro atoms. The number of anilines is 1. The fourth-order valence-corrected chi connectivity index (χ4v) is 2.25. The van der Waals surface area contributed by atoms with Gasteiger partial charge in [0.15, 0.2) is 5.82 Å². The highest BCUT2D eigenvalue weighted by molar-refractivity contribution is 7.09. The third-order valence-corrected chi connectivity index (χ3v) is 3.02. The molecule has 0 radical (unpaired) electrons. The van der Waals surface area contributed by atoms with Crippen molar-refractivity contribution in [1.29, 1.82) is 0 Å². The largest absolute Gasteiger partial charge is 0.383 e. The van der Waals surface area contributed by atoms with Gasteiger partial charge in [-0.1, -0.05) is 0 Å². The van der Waals surface area contributed by atoms with Crippen LogP contribution in [0.3, 0.4) is 0 Å². The highest BCUT2D eigenvalue weighted by Crippen LogP contribution is 2.21. The first-order valence-corrected chi connectivity index (χ1v) is 6.48. The van der Waals surface area contributed by atoms with Crippen LogP contribution < -0.4 is 5.32 Å². The van der Waals surface area contributed by atoms with Crippen molar-refractivity contribution in [2.45, 2.75) is 13.8 Å². The quantitative estimate of drug-likeness (QED) is 0.839. The minimum Gasteiger partial charge on any atom is -0.383 e. The lowest BCUT2D eigenvalue weighted by molar-refractivity contribution is 0.211. The zero-order valence-electron chi connectivity index (χ0n) is 10.7. The first-order valence-electron chi connectivity index (χ1n) is 5.71. The Morgan fingerprint density at radius 2 is 1.94 bits per heavy atom. The molecular weight excluding hydrogens is 248 g/mol. The molecule has 0 unspecified atom stereocenters. The zero-order valence-corrected chi connectivity index (χ0v) is 11.5. The zero-order chi connectivity index (χ0) is 13.0. The Labute approximate surface area is 110 Å². The number of aromatic nitrogens is 3. The Bertz CT molecular complexity index is 506. The predicted molar refractivity (Wildman–Crippen MR) is 73.0 cm³/mol. The molecule has 0 bridgehead atoms. The summed E-state index contributed by atoms with van der Waals surface area (Å²) in [7, 11) is 1.68. The number of methoxy groups -OCH3 is 1. The Balaban J connectivity index is 2.13. The molecule has 1 N–H and O–H groups in total. The van der Waals surface area contributed by atoms with Crippen molar-refractivity contribution in [1.82, 2.24) is 14.3 Å². The molecule has 0 fully saturated rings. The van der Waals surface area contributed by atoms with E-state index in [-0.39, 0.29) is 0 Å². The highest BCUT2D eigenvalue weighted by atomic mass is 32.1. The van der Waals surface area contributed by atoms with Gasteiger partial charge in [-0.25, -0.2) is 0 Å². The summed E-state index contributed by atoms with van der Waals surface area (Å²) in [6, 6.07) is 3.99. The molecular formula is C12H16N4OS. The molecule has 0 aliphatic rings. The van der Waals surface area contributed by atoms with Gasteiger partial charge in [0.1, 0.15) is 0 Å². The second-order valence-corrected chi connectivity index (χ2v) is 4.73. The van der Waals surface area contributed by atoms with Gasteiger partial charge in [-0.2, -0.15) is 9.36 Å². The summed E-state index contributed by atoms with van der Waals surface area (Å²) < 4.78 is 9.32. The van der Waals surface area contributed by atoms with Crippen molar-refractivity contribution in [3.05, 3.63) is 23.5 Å². The molecule has 96 valence electrons. The molecule has 0 aromatic carbocycles. The van der Waals surface area contributed by atoms with Crippen LogP contribution in [0.4, 0.5) is 5.13 Å². The number of rotatable bonds is 5. The van der Waals surface area contributed by atoms with Crippen LogP contribution in [0.5, 0.6) is 0 Å². The molecule has 0 saturated heterocycles. The molecule has 6 heteroatoms. The molecule has 0 atom stereocenters. The van der Waals surface area contributed by atoms with E-state index in [1.165, 1.54) is 11.5 Å². The molecule has 0 saturated carbocycles. The van der Waals surface area contributed by atoms with Gasteiger partial charge in [0.05, 0.1) is 6.61 Å². The lowest BCUT2D eigenvalue weighted by Crippen LogP contribution is -2.07. The van der Waals surface area contributed by atoms with Gasteiger partial charge in [0.25, 0.3) is 0 Å². The van der Waals surface area contributed by atoms with E-state index >= 15 is 0 Å². The van der Waals surface area contributed by atoms with E-state index in [1.54, 1.807) is 7.11 Å². The summed E-state index contributed by atoms with van der Waals surface area (Å²) in [5.41, 5.74) is 2.97. The van der Waals surface area contributed by atoms with E-state index in [9.17, 15) is 0 Å².